The Labute approximate surface area is 117 Å². The van der Waals surface area contributed by atoms with Crippen molar-refractivity contribution >= 4 is 6.09 Å². The van der Waals surface area contributed by atoms with Gasteiger partial charge in [0.05, 0.1) is 13.2 Å². The monoisotopic (exact) mass is 281 g/mol. The topological polar surface area (TPSA) is 79.2 Å². The highest BCUT2D eigenvalue weighted by Gasteiger charge is 2.35. The van der Waals surface area contributed by atoms with Gasteiger partial charge in [0.2, 0.25) is 0 Å². The Balaban J connectivity index is 1.78. The molecule has 110 valence electrons. The zero-order valence-corrected chi connectivity index (χ0v) is 11.3. The predicted octanol–water partition coefficient (Wildman–Crippen LogP) is 0.376. The molecule has 1 aliphatic heterocycles. The second-order valence-corrected chi connectivity index (χ2v) is 4.85. The van der Waals surface area contributed by atoms with Crippen molar-refractivity contribution in [2.45, 2.75) is 24.9 Å². The molecule has 1 aromatic rings. The summed E-state index contributed by atoms with van der Waals surface area (Å²) in [5.74, 6) is 0. The highest BCUT2D eigenvalue weighted by atomic mass is 16.6. The van der Waals surface area contributed by atoms with Crippen molar-refractivity contribution in [3.8, 4) is 0 Å². The van der Waals surface area contributed by atoms with Gasteiger partial charge in [-0.05, 0) is 5.56 Å². The second kappa shape index (κ2) is 6.69. The first-order valence-electron chi connectivity index (χ1n) is 6.47. The van der Waals surface area contributed by atoms with E-state index in [1.165, 1.54) is 4.90 Å². The molecule has 1 unspecified atom stereocenters. The van der Waals surface area contributed by atoms with Gasteiger partial charge in [-0.15, -0.1) is 0 Å². The number of carbonyl (C=O) groups is 1. The van der Waals surface area contributed by atoms with E-state index in [0.717, 1.165) is 5.56 Å². The molecule has 1 heterocycles. The molecule has 2 N–H and O–H groups in total. The Morgan fingerprint density at radius 2 is 2.10 bits per heavy atom. The summed E-state index contributed by atoms with van der Waals surface area (Å²) in [5.41, 5.74) is 0.904. The predicted molar refractivity (Wildman–Crippen MR) is 71.0 cm³/mol. The third-order valence-electron chi connectivity index (χ3n) is 3.23. The van der Waals surface area contributed by atoms with Crippen LogP contribution in [0.25, 0.3) is 0 Å². The molecule has 6 nitrogen and oxygen atoms in total. The zero-order chi connectivity index (χ0) is 14.5. The maximum absolute atomic E-state index is 11.8. The molecule has 1 aromatic carbocycles. The molecule has 1 amide bonds. The molecule has 3 atom stereocenters. The number of benzene rings is 1. The molecule has 0 radical (unpaired) electrons. The third-order valence-corrected chi connectivity index (χ3v) is 3.23. The molecule has 1 aliphatic rings. The third kappa shape index (κ3) is 3.69. The van der Waals surface area contributed by atoms with E-state index < -0.39 is 24.4 Å². The molecule has 0 aliphatic carbocycles. The minimum absolute atomic E-state index is 0.0821. The van der Waals surface area contributed by atoms with Crippen LogP contribution in [0.3, 0.4) is 0 Å². The molecule has 6 heteroatoms. The van der Waals surface area contributed by atoms with Gasteiger partial charge in [-0.2, -0.15) is 0 Å². The van der Waals surface area contributed by atoms with Crippen molar-refractivity contribution in [3.05, 3.63) is 35.9 Å². The van der Waals surface area contributed by atoms with Crippen LogP contribution in [0.1, 0.15) is 5.56 Å². The quantitative estimate of drug-likeness (QED) is 0.834. The molecule has 0 saturated carbocycles. The van der Waals surface area contributed by atoms with E-state index in [2.05, 4.69) is 0 Å². The Bertz CT molecular complexity index is 438. The van der Waals surface area contributed by atoms with Gasteiger partial charge >= 0.3 is 6.09 Å². The average molecular weight is 281 g/mol. The summed E-state index contributed by atoms with van der Waals surface area (Å²) in [7, 11) is 1.56. The lowest BCUT2D eigenvalue weighted by molar-refractivity contribution is 0.00652. The molecule has 1 fully saturated rings. The van der Waals surface area contributed by atoms with E-state index in [-0.39, 0.29) is 19.8 Å². The lowest BCUT2D eigenvalue weighted by Gasteiger charge is -2.22. The van der Waals surface area contributed by atoms with E-state index in [4.69, 9.17) is 9.47 Å². The summed E-state index contributed by atoms with van der Waals surface area (Å²) < 4.78 is 10.4. The molecular formula is C14H19NO5. The molecule has 1 saturated heterocycles. The summed E-state index contributed by atoms with van der Waals surface area (Å²) in [5, 5.41) is 19.0. The van der Waals surface area contributed by atoms with Gasteiger partial charge in [-0.1, -0.05) is 30.3 Å². The highest BCUT2D eigenvalue weighted by Crippen LogP contribution is 2.15. The fraction of sp³-hybridized carbons (Fsp3) is 0.500. The second-order valence-electron chi connectivity index (χ2n) is 4.85. The molecule has 0 spiro atoms. The van der Waals surface area contributed by atoms with E-state index in [9.17, 15) is 15.0 Å². The van der Waals surface area contributed by atoms with Crippen LogP contribution in [0.15, 0.2) is 30.3 Å². The highest BCUT2D eigenvalue weighted by molar-refractivity contribution is 5.67. The van der Waals surface area contributed by atoms with Gasteiger partial charge in [-0.25, -0.2) is 4.79 Å². The van der Waals surface area contributed by atoms with Crippen LogP contribution in [0.5, 0.6) is 0 Å². The van der Waals surface area contributed by atoms with Gasteiger partial charge < -0.3 is 24.6 Å². The van der Waals surface area contributed by atoms with Crippen molar-refractivity contribution in [1.29, 1.82) is 0 Å². The van der Waals surface area contributed by atoms with E-state index in [1.54, 1.807) is 7.05 Å². The number of likely N-dealkylation sites (N-methyl/N-ethyl adjacent to an activating group) is 1. The summed E-state index contributed by atoms with van der Waals surface area (Å²) in [6.07, 6.45) is -2.95. The number of carbonyl (C=O) groups excluding carboxylic acids is 1. The Kier molecular flexibility index (Phi) is 4.94. The van der Waals surface area contributed by atoms with Crippen LogP contribution >= 0.6 is 0 Å². The average Bonchev–Trinajstić information content (AvgIpc) is 2.78. The fourth-order valence-electron chi connectivity index (χ4n) is 2.00. The molecule has 0 aromatic heterocycles. The maximum Gasteiger partial charge on any atom is 0.409 e. The number of hydrogen-bond donors (Lipinski definition) is 2. The van der Waals surface area contributed by atoms with Crippen LogP contribution in [-0.2, 0) is 16.1 Å². The first-order chi connectivity index (χ1) is 9.58. The first-order valence-corrected chi connectivity index (χ1v) is 6.47. The summed E-state index contributed by atoms with van der Waals surface area (Å²) in [6, 6.07) is 9.37. The van der Waals surface area contributed by atoms with Crippen molar-refractivity contribution in [1.82, 2.24) is 4.90 Å². The lowest BCUT2D eigenvalue weighted by Crippen LogP contribution is -2.41. The van der Waals surface area contributed by atoms with Crippen LogP contribution in [0.4, 0.5) is 4.79 Å². The van der Waals surface area contributed by atoms with Gasteiger partial charge in [0.15, 0.2) is 0 Å². The maximum atomic E-state index is 11.8. The Morgan fingerprint density at radius 3 is 2.70 bits per heavy atom. The smallest absolute Gasteiger partial charge is 0.409 e. The lowest BCUT2D eigenvalue weighted by atomic mass is 10.1. The molecule has 20 heavy (non-hydrogen) atoms. The first kappa shape index (κ1) is 14.8. The number of hydrogen-bond acceptors (Lipinski definition) is 5. The van der Waals surface area contributed by atoms with E-state index >= 15 is 0 Å². The van der Waals surface area contributed by atoms with Crippen molar-refractivity contribution < 1.29 is 24.5 Å². The number of aliphatic hydroxyl groups is 2. The molecule has 2 rings (SSSR count). The van der Waals surface area contributed by atoms with Crippen LogP contribution < -0.4 is 0 Å². The molecular weight excluding hydrogens is 262 g/mol. The number of aliphatic hydroxyl groups excluding tert-OH is 2. The van der Waals surface area contributed by atoms with Crippen molar-refractivity contribution in [2.75, 3.05) is 20.2 Å². The summed E-state index contributed by atoms with van der Waals surface area (Å²) in [4.78, 5) is 13.1. The Morgan fingerprint density at radius 1 is 1.40 bits per heavy atom. The number of rotatable bonds is 4. The minimum Gasteiger partial charge on any atom is -0.445 e. The van der Waals surface area contributed by atoms with Crippen LogP contribution in [0.2, 0.25) is 0 Å². The van der Waals surface area contributed by atoms with Gasteiger partial charge in [-0.3, -0.25) is 0 Å². The molecule has 0 bridgehead atoms. The van der Waals surface area contributed by atoms with E-state index in [0.29, 0.717) is 0 Å². The SMILES string of the molecule is CN(CC1OC[C@@H](O)[C@H]1O)C(=O)OCc1ccccc1. The van der Waals surface area contributed by atoms with Crippen LogP contribution in [0, 0.1) is 0 Å². The normalized spacial score (nSPS) is 25.4. The summed E-state index contributed by atoms with van der Waals surface area (Å²) >= 11 is 0. The van der Waals surface area contributed by atoms with Gasteiger partial charge in [0, 0.05) is 7.05 Å². The minimum atomic E-state index is -0.973. The number of nitrogens with zero attached hydrogens (tertiary/aromatic N) is 1. The number of ether oxygens (including phenoxy) is 2. The van der Waals surface area contributed by atoms with E-state index in [1.807, 2.05) is 30.3 Å². The standard InChI is InChI=1S/C14H19NO5/c1-15(7-12-13(17)11(16)9-19-12)14(18)20-8-10-5-3-2-4-6-10/h2-6,11-13,16-17H,7-9H2,1H3/t11-,12?,13-/m1/s1. The summed E-state index contributed by atoms with van der Waals surface area (Å²) in [6.45, 7) is 0.450. The van der Waals surface area contributed by atoms with Crippen molar-refractivity contribution in [2.24, 2.45) is 0 Å². The largest absolute Gasteiger partial charge is 0.445 e. The van der Waals surface area contributed by atoms with Crippen molar-refractivity contribution in [3.63, 3.8) is 0 Å². The van der Waals surface area contributed by atoms with Gasteiger partial charge in [0.25, 0.3) is 0 Å². The van der Waals surface area contributed by atoms with Crippen LogP contribution in [-0.4, -0.2) is 59.7 Å². The fourth-order valence-corrected chi connectivity index (χ4v) is 2.00. The zero-order valence-electron chi connectivity index (χ0n) is 11.3. The Hall–Kier alpha value is -1.63. The van der Waals surface area contributed by atoms with Gasteiger partial charge in [0.1, 0.15) is 24.9 Å². The number of amides is 1.